The zero-order chi connectivity index (χ0) is 17.2. The third kappa shape index (κ3) is 6.45. The molecule has 23 heavy (non-hydrogen) atoms. The molecule has 0 bridgehead atoms. The van der Waals surface area contributed by atoms with Crippen LogP contribution in [-0.2, 0) is 25.8 Å². The van der Waals surface area contributed by atoms with Gasteiger partial charge in [-0.3, -0.25) is 19.2 Å². The Bertz CT molecular complexity index is 531. The van der Waals surface area contributed by atoms with Crippen LogP contribution in [0.5, 0.6) is 0 Å². The van der Waals surface area contributed by atoms with Crippen molar-refractivity contribution in [3.63, 3.8) is 0 Å². The van der Waals surface area contributed by atoms with E-state index in [0.717, 1.165) is 5.56 Å². The van der Waals surface area contributed by atoms with Gasteiger partial charge >= 0.3 is 0 Å². The normalized spacial score (nSPS) is 11.7. The molecule has 0 heterocycles. The number of nitrogens with one attached hydrogen (secondary N) is 3. The van der Waals surface area contributed by atoms with E-state index in [-0.39, 0.29) is 25.0 Å². The first-order chi connectivity index (χ1) is 11.0. The molecule has 3 amide bonds. The highest BCUT2D eigenvalue weighted by atomic mass is 16.6. The van der Waals surface area contributed by atoms with Gasteiger partial charge in [0.05, 0.1) is 13.2 Å². The molecule has 1 atom stereocenters. The summed E-state index contributed by atoms with van der Waals surface area (Å²) in [6, 6.07) is 6.28. The molecule has 0 aliphatic carbocycles. The second-order valence-electron chi connectivity index (χ2n) is 5.28. The maximum Gasteiger partial charge on any atom is 0.243 e. The van der Waals surface area contributed by atoms with Gasteiger partial charge in [-0.1, -0.05) is 26.0 Å². The molecule has 0 spiro atoms. The minimum absolute atomic E-state index is 0.0828. The van der Waals surface area contributed by atoms with Crippen LogP contribution in [0, 0.1) is 5.92 Å². The average molecular weight is 322 g/mol. The van der Waals surface area contributed by atoms with Crippen molar-refractivity contribution in [1.29, 1.82) is 0 Å². The predicted octanol–water partition coefficient (Wildman–Crippen LogP) is -0.0978. The Morgan fingerprint density at radius 2 is 1.91 bits per heavy atom. The Morgan fingerprint density at radius 3 is 2.43 bits per heavy atom. The molecule has 1 aromatic rings. The van der Waals surface area contributed by atoms with Crippen molar-refractivity contribution in [2.45, 2.75) is 26.5 Å². The van der Waals surface area contributed by atoms with Crippen LogP contribution >= 0.6 is 0 Å². The maximum absolute atomic E-state index is 11.9. The first-order valence-electron chi connectivity index (χ1n) is 7.15. The number of carbonyl (C=O) groups is 3. The van der Waals surface area contributed by atoms with E-state index in [2.05, 4.69) is 20.8 Å². The molecule has 0 radical (unpaired) electrons. The molecule has 0 saturated heterocycles. The highest BCUT2D eigenvalue weighted by Crippen LogP contribution is 2.09. The molecule has 126 valence electrons. The number of carbonyl (C=O) groups excluding carboxylic acids is 3. The molecule has 0 aliphatic heterocycles. The number of hydrogen-bond donors (Lipinski definition) is 4. The third-order valence-electron chi connectivity index (χ3n) is 3.11. The smallest absolute Gasteiger partial charge is 0.243 e. The van der Waals surface area contributed by atoms with Crippen LogP contribution in [0.2, 0.25) is 0 Å². The average Bonchev–Trinajstić information content (AvgIpc) is 2.52. The highest BCUT2D eigenvalue weighted by Gasteiger charge is 2.21. The summed E-state index contributed by atoms with van der Waals surface area (Å²) in [6.45, 7) is 3.70. The molecule has 8 heteroatoms. The fourth-order valence-corrected chi connectivity index (χ4v) is 1.91. The predicted molar refractivity (Wildman–Crippen MR) is 84.9 cm³/mol. The standard InChI is InChI=1S/C15H22N4O4/c1-10(2)14(18-9-20)15(22)17-7-13(21)19-12-5-3-11(4-6-12)8-23-16/h3-6,9-10,14H,7-8,16H2,1-2H3,(H,17,22)(H,18,20)(H,19,21). The number of anilines is 1. The van der Waals surface area contributed by atoms with Crippen LogP contribution < -0.4 is 21.8 Å². The Morgan fingerprint density at radius 1 is 1.26 bits per heavy atom. The van der Waals surface area contributed by atoms with Gasteiger partial charge in [-0.05, 0) is 23.6 Å². The van der Waals surface area contributed by atoms with Gasteiger partial charge in [-0.2, -0.15) is 0 Å². The SMILES string of the molecule is CC(C)C(NC=O)C(=O)NCC(=O)Nc1ccc(CON)cc1. The summed E-state index contributed by atoms with van der Waals surface area (Å²) in [5, 5.41) is 7.57. The fourth-order valence-electron chi connectivity index (χ4n) is 1.91. The van der Waals surface area contributed by atoms with Crippen LogP contribution in [0.25, 0.3) is 0 Å². The van der Waals surface area contributed by atoms with Gasteiger partial charge < -0.3 is 16.0 Å². The Kier molecular flexibility index (Phi) is 7.72. The lowest BCUT2D eigenvalue weighted by Crippen LogP contribution is -2.48. The van der Waals surface area contributed by atoms with E-state index in [0.29, 0.717) is 12.1 Å². The number of hydrogen-bond acceptors (Lipinski definition) is 5. The van der Waals surface area contributed by atoms with E-state index in [1.54, 1.807) is 38.1 Å². The molecule has 0 aromatic heterocycles. The van der Waals surface area contributed by atoms with Crippen molar-refractivity contribution in [1.82, 2.24) is 10.6 Å². The van der Waals surface area contributed by atoms with Crippen LogP contribution in [0.15, 0.2) is 24.3 Å². The number of rotatable bonds is 9. The molecule has 1 unspecified atom stereocenters. The number of benzene rings is 1. The van der Waals surface area contributed by atoms with Crippen LogP contribution in [-0.4, -0.2) is 30.8 Å². The van der Waals surface area contributed by atoms with Gasteiger partial charge in [0, 0.05) is 5.69 Å². The van der Waals surface area contributed by atoms with Crippen molar-refractivity contribution in [2.75, 3.05) is 11.9 Å². The molecule has 5 N–H and O–H groups in total. The highest BCUT2D eigenvalue weighted by molar-refractivity contribution is 5.95. The minimum atomic E-state index is -0.671. The zero-order valence-electron chi connectivity index (χ0n) is 13.2. The monoisotopic (exact) mass is 322 g/mol. The minimum Gasteiger partial charge on any atom is -0.347 e. The van der Waals surface area contributed by atoms with Crippen LogP contribution in [0.3, 0.4) is 0 Å². The van der Waals surface area contributed by atoms with Crippen molar-refractivity contribution in [2.24, 2.45) is 11.8 Å². The van der Waals surface area contributed by atoms with Crippen molar-refractivity contribution < 1.29 is 19.2 Å². The molecular weight excluding hydrogens is 300 g/mol. The summed E-state index contributed by atoms with van der Waals surface area (Å²) in [7, 11) is 0. The van der Waals surface area contributed by atoms with Gasteiger partial charge in [0.2, 0.25) is 18.2 Å². The van der Waals surface area contributed by atoms with Crippen molar-refractivity contribution in [3.05, 3.63) is 29.8 Å². The van der Waals surface area contributed by atoms with Gasteiger partial charge in [0.1, 0.15) is 6.04 Å². The lowest BCUT2D eigenvalue weighted by Gasteiger charge is -2.19. The van der Waals surface area contributed by atoms with Gasteiger partial charge in [-0.15, -0.1) is 0 Å². The van der Waals surface area contributed by atoms with Crippen LogP contribution in [0.4, 0.5) is 5.69 Å². The van der Waals surface area contributed by atoms with Gasteiger partial charge in [0.15, 0.2) is 0 Å². The lowest BCUT2D eigenvalue weighted by molar-refractivity contribution is -0.128. The Hall–Kier alpha value is -2.45. The molecule has 0 aliphatic rings. The second-order valence-corrected chi connectivity index (χ2v) is 5.28. The summed E-state index contributed by atoms with van der Waals surface area (Å²) in [4.78, 5) is 38.7. The molecule has 0 fully saturated rings. The van der Waals surface area contributed by atoms with Crippen molar-refractivity contribution >= 4 is 23.9 Å². The Labute approximate surface area is 134 Å². The van der Waals surface area contributed by atoms with Crippen LogP contribution in [0.1, 0.15) is 19.4 Å². The van der Waals surface area contributed by atoms with E-state index < -0.39 is 11.9 Å². The van der Waals surface area contributed by atoms with E-state index in [1.165, 1.54) is 0 Å². The van der Waals surface area contributed by atoms with Gasteiger partial charge in [0.25, 0.3) is 0 Å². The molecule has 0 saturated carbocycles. The van der Waals surface area contributed by atoms with Crippen molar-refractivity contribution in [3.8, 4) is 0 Å². The van der Waals surface area contributed by atoms with E-state index in [9.17, 15) is 14.4 Å². The molecular formula is C15H22N4O4. The third-order valence-corrected chi connectivity index (χ3v) is 3.11. The number of nitrogens with two attached hydrogens (primary N) is 1. The molecule has 1 rings (SSSR count). The maximum atomic E-state index is 11.9. The summed E-state index contributed by atoms with van der Waals surface area (Å²) in [5.74, 6) is 4.12. The fraction of sp³-hybridized carbons (Fsp3) is 0.400. The molecule has 1 aromatic carbocycles. The summed E-state index contributed by atoms with van der Waals surface area (Å²) in [5.41, 5.74) is 1.47. The van der Waals surface area contributed by atoms with Gasteiger partial charge in [-0.25, -0.2) is 5.90 Å². The molecule has 8 nitrogen and oxygen atoms in total. The summed E-state index contributed by atoms with van der Waals surface area (Å²) >= 11 is 0. The Balaban J connectivity index is 2.47. The summed E-state index contributed by atoms with van der Waals surface area (Å²) < 4.78 is 0. The first kappa shape index (κ1) is 18.6. The number of amides is 3. The quantitative estimate of drug-likeness (QED) is 0.373. The van der Waals surface area contributed by atoms with E-state index >= 15 is 0 Å². The summed E-state index contributed by atoms with van der Waals surface area (Å²) in [6.07, 6.45) is 0.469. The second kappa shape index (κ2) is 9.54. The zero-order valence-corrected chi connectivity index (χ0v) is 13.2. The van der Waals surface area contributed by atoms with E-state index in [4.69, 9.17) is 5.90 Å². The van der Waals surface area contributed by atoms with E-state index in [1.807, 2.05) is 0 Å². The largest absolute Gasteiger partial charge is 0.347 e. The lowest BCUT2D eigenvalue weighted by atomic mass is 10.0. The first-order valence-corrected chi connectivity index (χ1v) is 7.15. The topological polar surface area (TPSA) is 123 Å².